The predicted molar refractivity (Wildman–Crippen MR) is 267 cm³/mol. The summed E-state index contributed by atoms with van der Waals surface area (Å²) in [5, 5.41) is 3.25. The Labute approximate surface area is 374 Å². The summed E-state index contributed by atoms with van der Waals surface area (Å²) in [4.78, 5) is 9.83. The molecule has 1 unspecified atom stereocenters. The normalized spacial score (nSPS) is 15.6. The van der Waals surface area contributed by atoms with Crippen LogP contribution in [0.3, 0.4) is 0 Å². The number of hydrogen-bond acceptors (Lipinski definition) is 3. The van der Waals surface area contributed by atoms with Gasteiger partial charge in [0.2, 0.25) is 0 Å². The maximum absolute atomic E-state index is 6.33. The molecule has 0 bridgehead atoms. The summed E-state index contributed by atoms with van der Waals surface area (Å²) in [5.74, 6) is 0.716. The topological polar surface area (TPSA) is 38.9 Å². The summed E-state index contributed by atoms with van der Waals surface area (Å²) < 4.78 is 6.33. The summed E-state index contributed by atoms with van der Waals surface area (Å²) in [6, 6.07) is 62.0. The van der Waals surface area contributed by atoms with E-state index in [1.165, 1.54) is 66.8 Å². The van der Waals surface area contributed by atoms with E-state index in [2.05, 4.69) is 174 Å². The van der Waals surface area contributed by atoms with Gasteiger partial charge in [0.25, 0.3) is 0 Å². The first-order chi connectivity index (χ1) is 31.4. The van der Waals surface area contributed by atoms with Crippen molar-refractivity contribution in [2.75, 3.05) is 0 Å². The lowest BCUT2D eigenvalue weighted by Gasteiger charge is -2.31. The average molecular weight is 823 g/mol. The number of aryl methyl sites for hydroxylation is 2. The van der Waals surface area contributed by atoms with Crippen molar-refractivity contribution in [2.24, 2.45) is 0 Å². The van der Waals surface area contributed by atoms with Gasteiger partial charge >= 0.3 is 0 Å². The minimum atomic E-state index is -0.339. The van der Waals surface area contributed by atoms with Crippen LogP contribution in [0.2, 0.25) is 0 Å². The van der Waals surface area contributed by atoms with Crippen LogP contribution in [0, 0.1) is 20.8 Å². The van der Waals surface area contributed by atoms with Crippen LogP contribution in [-0.2, 0) is 5.41 Å². The summed E-state index contributed by atoms with van der Waals surface area (Å²) in [5.41, 5.74) is 22.1. The molecule has 1 atom stereocenters. The molecule has 1 spiro atoms. The van der Waals surface area contributed by atoms with Crippen molar-refractivity contribution in [3.63, 3.8) is 0 Å². The number of aromatic nitrogens is 2. The molecule has 3 nitrogen and oxygen atoms in total. The summed E-state index contributed by atoms with van der Waals surface area (Å²) in [6.45, 7) is 13.3. The number of fused-ring (bicyclic) bond motifs is 11. The number of para-hydroxylation sites is 2. The van der Waals surface area contributed by atoms with Gasteiger partial charge in [-0.3, -0.25) is 0 Å². The fraction of sp³-hybridized carbons (Fsp3) is 0.0820. The average Bonchev–Trinajstić information content (AvgIpc) is 3.94. The van der Waals surface area contributed by atoms with E-state index >= 15 is 0 Å². The fourth-order valence-corrected chi connectivity index (χ4v) is 10.4. The van der Waals surface area contributed by atoms with Gasteiger partial charge < -0.3 is 4.42 Å². The highest BCUT2D eigenvalue weighted by atomic mass is 16.3. The Morgan fingerprint density at radius 2 is 1.22 bits per heavy atom. The van der Waals surface area contributed by atoms with Crippen LogP contribution in [0.5, 0.6) is 0 Å². The van der Waals surface area contributed by atoms with Crippen molar-refractivity contribution in [1.29, 1.82) is 0 Å². The van der Waals surface area contributed by atoms with Crippen molar-refractivity contribution in [2.45, 2.75) is 33.1 Å². The van der Waals surface area contributed by atoms with E-state index < -0.39 is 0 Å². The Morgan fingerprint density at radius 1 is 0.547 bits per heavy atom. The van der Waals surface area contributed by atoms with E-state index in [0.29, 0.717) is 5.82 Å². The molecule has 0 fully saturated rings. The standard InChI is InChI=1S/C34H28.C27H18N2O/c1-5-6-17-29-23(3)27-15-9-11-18-30(27)34(29)31-19-12-10-16-28(31)33-24(4)26(20-21-32(33)34)25-14-8-7-13-22(25)2;1-17-14-15-24-22(16-17)19-11-7-12-21(26(19)30-24)25-20-10-5-6-13-23(20)28-27(29-25)18-8-3-2-4-9-18/h5-21H,3H2,1-2,4H3;2-16H,1H3/b6-5-,29-17+;. The third-order valence-corrected chi connectivity index (χ3v) is 13.3. The lowest BCUT2D eigenvalue weighted by Crippen LogP contribution is -2.26. The molecule has 306 valence electrons. The monoisotopic (exact) mass is 822 g/mol. The third-order valence-electron chi connectivity index (χ3n) is 13.3. The van der Waals surface area contributed by atoms with E-state index in [1.807, 2.05) is 54.6 Å². The number of hydrogen-bond donors (Lipinski definition) is 0. The van der Waals surface area contributed by atoms with Gasteiger partial charge in [0.1, 0.15) is 11.2 Å². The zero-order chi connectivity index (χ0) is 43.5. The molecule has 3 heteroatoms. The molecular weight excluding hydrogens is 777 g/mol. The number of benzene rings is 8. The molecule has 2 heterocycles. The Bertz CT molecular complexity index is 3570. The smallest absolute Gasteiger partial charge is 0.160 e. The van der Waals surface area contributed by atoms with Gasteiger partial charge in [0, 0.05) is 27.3 Å². The number of furan rings is 1. The lowest BCUT2D eigenvalue weighted by molar-refractivity contribution is 0.670. The molecule has 12 rings (SSSR count). The minimum Gasteiger partial charge on any atom is -0.455 e. The first-order valence-corrected chi connectivity index (χ1v) is 22.1. The zero-order valence-corrected chi connectivity index (χ0v) is 36.5. The van der Waals surface area contributed by atoms with Gasteiger partial charge in [-0.2, -0.15) is 0 Å². The Morgan fingerprint density at radius 3 is 2.02 bits per heavy atom. The molecule has 0 N–H and O–H groups in total. The van der Waals surface area contributed by atoms with Gasteiger partial charge in [-0.15, -0.1) is 0 Å². The molecule has 0 saturated carbocycles. The second-order valence-electron chi connectivity index (χ2n) is 17.0. The Balaban J connectivity index is 0.000000144. The number of nitrogens with zero attached hydrogens (tertiary/aromatic N) is 2. The predicted octanol–water partition coefficient (Wildman–Crippen LogP) is 16.0. The van der Waals surface area contributed by atoms with Gasteiger partial charge in [0.05, 0.1) is 16.6 Å². The highest BCUT2D eigenvalue weighted by Crippen LogP contribution is 2.64. The summed E-state index contributed by atoms with van der Waals surface area (Å²) >= 11 is 0. The van der Waals surface area contributed by atoms with E-state index in [0.717, 1.165) is 55.2 Å². The molecule has 64 heavy (non-hydrogen) atoms. The largest absolute Gasteiger partial charge is 0.455 e. The molecule has 0 aliphatic heterocycles. The summed E-state index contributed by atoms with van der Waals surface area (Å²) in [7, 11) is 0. The molecule has 8 aromatic carbocycles. The molecule has 0 radical (unpaired) electrons. The van der Waals surface area contributed by atoms with Crippen molar-refractivity contribution in [3.8, 4) is 44.9 Å². The van der Waals surface area contributed by atoms with Crippen LogP contribution in [0.4, 0.5) is 0 Å². The highest BCUT2D eigenvalue weighted by molar-refractivity contribution is 6.11. The molecule has 0 amide bonds. The highest BCUT2D eigenvalue weighted by Gasteiger charge is 2.53. The van der Waals surface area contributed by atoms with Gasteiger partial charge in [-0.05, 0) is 119 Å². The Hall–Kier alpha value is -7.88. The quantitative estimate of drug-likeness (QED) is 0.177. The third kappa shape index (κ3) is 5.96. The SMILES string of the molecule is C=C1/C(=C\C=C/C)C2(c3ccccc31)c1ccccc1-c1c2ccc(-c2ccccc2C)c1C.Cc1ccc2oc3c(-c4nc(-c5ccccc5)nc5ccccc45)cccc3c2c1. The van der Waals surface area contributed by atoms with E-state index in [9.17, 15) is 0 Å². The van der Waals surface area contributed by atoms with Crippen LogP contribution in [0.1, 0.15) is 45.9 Å². The van der Waals surface area contributed by atoms with Crippen molar-refractivity contribution >= 4 is 38.4 Å². The lowest BCUT2D eigenvalue weighted by atomic mass is 9.70. The van der Waals surface area contributed by atoms with Crippen LogP contribution < -0.4 is 0 Å². The van der Waals surface area contributed by atoms with E-state index in [1.54, 1.807) is 0 Å². The molecule has 2 aliphatic rings. The molecule has 10 aromatic rings. The van der Waals surface area contributed by atoms with Crippen molar-refractivity contribution in [1.82, 2.24) is 9.97 Å². The second-order valence-corrected chi connectivity index (χ2v) is 17.0. The fourth-order valence-electron chi connectivity index (χ4n) is 10.4. The molecular formula is C61H46N2O. The van der Waals surface area contributed by atoms with E-state index in [-0.39, 0.29) is 5.41 Å². The number of allylic oxidation sites excluding steroid dienone is 5. The molecule has 0 saturated heterocycles. The Kier molecular flexibility index (Phi) is 9.43. The van der Waals surface area contributed by atoms with Gasteiger partial charge in [-0.25, -0.2) is 9.97 Å². The van der Waals surface area contributed by atoms with Crippen molar-refractivity contribution in [3.05, 3.63) is 245 Å². The van der Waals surface area contributed by atoms with Gasteiger partial charge in [0.15, 0.2) is 5.82 Å². The zero-order valence-electron chi connectivity index (χ0n) is 36.5. The molecule has 2 aliphatic carbocycles. The molecule has 2 aromatic heterocycles. The van der Waals surface area contributed by atoms with Crippen LogP contribution >= 0.6 is 0 Å². The van der Waals surface area contributed by atoms with Crippen LogP contribution in [-0.4, -0.2) is 9.97 Å². The van der Waals surface area contributed by atoms with E-state index in [4.69, 9.17) is 14.4 Å². The first-order valence-electron chi connectivity index (χ1n) is 22.1. The first kappa shape index (κ1) is 39.0. The second kappa shape index (κ2) is 15.5. The van der Waals surface area contributed by atoms with Crippen LogP contribution in [0.25, 0.3) is 83.3 Å². The van der Waals surface area contributed by atoms with Crippen molar-refractivity contribution < 1.29 is 4.42 Å². The maximum Gasteiger partial charge on any atom is 0.160 e. The summed E-state index contributed by atoms with van der Waals surface area (Å²) in [6.07, 6.45) is 6.54. The van der Waals surface area contributed by atoms with Crippen LogP contribution in [0.15, 0.2) is 211 Å². The minimum absolute atomic E-state index is 0.339. The number of rotatable bonds is 4. The van der Waals surface area contributed by atoms with Gasteiger partial charge in [-0.1, -0.05) is 182 Å². The maximum atomic E-state index is 6.33.